The summed E-state index contributed by atoms with van der Waals surface area (Å²) in [5.74, 6) is 0. The number of nitrogens with zero attached hydrogens (tertiary/aromatic N) is 1. The molecular weight excluding hydrogens is 214 g/mol. The molecule has 17 heavy (non-hydrogen) atoms. The van der Waals surface area contributed by atoms with Crippen LogP contribution in [0.5, 0.6) is 0 Å². The van der Waals surface area contributed by atoms with E-state index in [0.717, 1.165) is 41.9 Å². The zero-order chi connectivity index (χ0) is 11.7. The highest BCUT2D eigenvalue weighted by atomic mass is 16.5. The summed E-state index contributed by atoms with van der Waals surface area (Å²) in [4.78, 5) is 4.28. The van der Waals surface area contributed by atoms with Crippen LogP contribution < -0.4 is 11.1 Å². The Balaban J connectivity index is 1.96. The first-order chi connectivity index (χ1) is 8.34. The van der Waals surface area contributed by atoms with Crippen LogP contribution in [0.25, 0.3) is 10.9 Å². The van der Waals surface area contributed by atoms with Gasteiger partial charge in [-0.1, -0.05) is 0 Å². The maximum Gasteiger partial charge on any atom is 0.0724 e. The Kier molecular flexibility index (Phi) is 2.57. The Morgan fingerprint density at radius 2 is 2.29 bits per heavy atom. The molecule has 1 aromatic heterocycles. The molecule has 88 valence electrons. The van der Waals surface area contributed by atoms with Crippen molar-refractivity contribution in [3.8, 4) is 0 Å². The Bertz CT molecular complexity index is 535. The predicted molar refractivity (Wildman–Crippen MR) is 69.0 cm³/mol. The second kappa shape index (κ2) is 4.22. The lowest BCUT2D eigenvalue weighted by Gasteiger charge is -2.15. The standard InChI is InChI=1S/C13H15N3O/c14-13-10-2-1-6-15-11(10)3-4-12(13)16-9-5-7-17-8-9/h1-4,6,9,16H,5,7-8,14H2. The van der Waals surface area contributed by atoms with E-state index >= 15 is 0 Å². The van der Waals surface area contributed by atoms with Crippen LogP contribution in [-0.2, 0) is 4.74 Å². The molecule has 3 rings (SSSR count). The minimum Gasteiger partial charge on any atom is -0.397 e. The Labute approximate surface area is 99.8 Å². The SMILES string of the molecule is Nc1c(NC2CCOC2)ccc2ncccc12. The lowest BCUT2D eigenvalue weighted by atomic mass is 10.1. The van der Waals surface area contributed by atoms with Gasteiger partial charge >= 0.3 is 0 Å². The normalized spacial score (nSPS) is 19.6. The molecule has 1 aliphatic rings. The largest absolute Gasteiger partial charge is 0.397 e. The summed E-state index contributed by atoms with van der Waals surface area (Å²) < 4.78 is 5.34. The van der Waals surface area contributed by atoms with E-state index in [9.17, 15) is 0 Å². The summed E-state index contributed by atoms with van der Waals surface area (Å²) in [7, 11) is 0. The van der Waals surface area contributed by atoms with E-state index in [0.29, 0.717) is 6.04 Å². The summed E-state index contributed by atoms with van der Waals surface area (Å²) in [6.07, 6.45) is 2.81. The molecule has 3 N–H and O–H groups in total. The molecule has 2 heterocycles. The number of aromatic nitrogens is 1. The third kappa shape index (κ3) is 1.91. The molecule has 0 saturated carbocycles. The highest BCUT2D eigenvalue weighted by Crippen LogP contribution is 2.28. The molecule has 1 saturated heterocycles. The molecule has 2 aromatic rings. The van der Waals surface area contributed by atoms with E-state index in [1.165, 1.54) is 0 Å². The van der Waals surface area contributed by atoms with Gasteiger partial charge < -0.3 is 15.8 Å². The Morgan fingerprint density at radius 3 is 3.12 bits per heavy atom. The first-order valence-electron chi connectivity index (χ1n) is 5.82. The number of benzene rings is 1. The molecule has 0 spiro atoms. The average Bonchev–Trinajstić information content (AvgIpc) is 2.86. The Morgan fingerprint density at radius 1 is 1.35 bits per heavy atom. The zero-order valence-electron chi connectivity index (χ0n) is 9.52. The number of hydrogen-bond acceptors (Lipinski definition) is 4. The van der Waals surface area contributed by atoms with E-state index in [4.69, 9.17) is 10.5 Å². The summed E-state index contributed by atoms with van der Waals surface area (Å²) in [6, 6.07) is 8.24. The van der Waals surface area contributed by atoms with Gasteiger partial charge in [0.25, 0.3) is 0 Å². The molecule has 1 fully saturated rings. The molecule has 0 aliphatic carbocycles. The van der Waals surface area contributed by atoms with Crippen molar-refractivity contribution in [1.82, 2.24) is 4.98 Å². The summed E-state index contributed by atoms with van der Waals surface area (Å²) in [5.41, 5.74) is 8.82. The maximum atomic E-state index is 6.15. The Hall–Kier alpha value is -1.81. The van der Waals surface area contributed by atoms with Crippen molar-refractivity contribution in [3.63, 3.8) is 0 Å². The van der Waals surface area contributed by atoms with Crippen molar-refractivity contribution in [1.29, 1.82) is 0 Å². The molecule has 1 aromatic carbocycles. The number of fused-ring (bicyclic) bond motifs is 1. The van der Waals surface area contributed by atoms with E-state index in [1.54, 1.807) is 6.20 Å². The lowest BCUT2D eigenvalue weighted by molar-refractivity contribution is 0.195. The van der Waals surface area contributed by atoms with Gasteiger partial charge in [-0.2, -0.15) is 0 Å². The second-order valence-corrected chi connectivity index (χ2v) is 4.30. The molecule has 4 nitrogen and oxygen atoms in total. The highest BCUT2D eigenvalue weighted by molar-refractivity contribution is 5.96. The first kappa shape index (κ1) is 10.4. The fraction of sp³-hybridized carbons (Fsp3) is 0.308. The van der Waals surface area contributed by atoms with Crippen molar-refractivity contribution in [3.05, 3.63) is 30.5 Å². The number of nitrogens with two attached hydrogens (primary N) is 1. The fourth-order valence-corrected chi connectivity index (χ4v) is 2.17. The van der Waals surface area contributed by atoms with Crippen LogP contribution in [0.2, 0.25) is 0 Å². The summed E-state index contributed by atoms with van der Waals surface area (Å²) in [5, 5.41) is 4.42. The predicted octanol–water partition coefficient (Wildman–Crippen LogP) is 2.02. The number of ether oxygens (including phenoxy) is 1. The van der Waals surface area contributed by atoms with Crippen LogP contribution in [0.15, 0.2) is 30.5 Å². The molecule has 4 heteroatoms. The number of anilines is 2. The van der Waals surface area contributed by atoms with Crippen LogP contribution >= 0.6 is 0 Å². The van der Waals surface area contributed by atoms with Gasteiger partial charge in [0, 0.05) is 18.2 Å². The first-order valence-corrected chi connectivity index (χ1v) is 5.82. The topological polar surface area (TPSA) is 60.2 Å². The van der Waals surface area contributed by atoms with E-state index < -0.39 is 0 Å². The van der Waals surface area contributed by atoms with Crippen LogP contribution in [0.4, 0.5) is 11.4 Å². The monoisotopic (exact) mass is 229 g/mol. The summed E-state index contributed by atoms with van der Waals surface area (Å²) >= 11 is 0. The van der Waals surface area contributed by atoms with Crippen molar-refractivity contribution in [2.45, 2.75) is 12.5 Å². The third-order valence-electron chi connectivity index (χ3n) is 3.12. The van der Waals surface area contributed by atoms with Gasteiger partial charge in [-0.05, 0) is 30.7 Å². The van der Waals surface area contributed by atoms with E-state index in [2.05, 4.69) is 10.3 Å². The third-order valence-corrected chi connectivity index (χ3v) is 3.12. The number of rotatable bonds is 2. The second-order valence-electron chi connectivity index (χ2n) is 4.30. The molecular formula is C13H15N3O. The smallest absolute Gasteiger partial charge is 0.0724 e. The summed E-state index contributed by atoms with van der Waals surface area (Å²) in [6.45, 7) is 1.58. The molecule has 1 atom stereocenters. The van der Waals surface area contributed by atoms with Crippen molar-refractivity contribution < 1.29 is 4.74 Å². The quantitative estimate of drug-likeness (QED) is 0.773. The van der Waals surface area contributed by atoms with Gasteiger partial charge in [0.05, 0.1) is 29.5 Å². The van der Waals surface area contributed by atoms with Gasteiger partial charge in [0.2, 0.25) is 0 Å². The number of pyridine rings is 1. The lowest BCUT2D eigenvalue weighted by Crippen LogP contribution is -2.19. The van der Waals surface area contributed by atoms with Crippen LogP contribution in [0, 0.1) is 0 Å². The number of hydrogen-bond donors (Lipinski definition) is 2. The number of nitrogens with one attached hydrogen (secondary N) is 1. The van der Waals surface area contributed by atoms with Crippen LogP contribution in [0.1, 0.15) is 6.42 Å². The van der Waals surface area contributed by atoms with Crippen molar-refractivity contribution in [2.75, 3.05) is 24.3 Å². The minimum absolute atomic E-state index is 0.367. The van der Waals surface area contributed by atoms with Crippen molar-refractivity contribution >= 4 is 22.3 Å². The van der Waals surface area contributed by atoms with Crippen LogP contribution in [0.3, 0.4) is 0 Å². The van der Waals surface area contributed by atoms with Crippen LogP contribution in [-0.4, -0.2) is 24.2 Å². The fourth-order valence-electron chi connectivity index (χ4n) is 2.17. The van der Waals surface area contributed by atoms with Gasteiger partial charge in [-0.3, -0.25) is 4.98 Å². The zero-order valence-corrected chi connectivity index (χ0v) is 9.52. The minimum atomic E-state index is 0.367. The van der Waals surface area contributed by atoms with Crippen molar-refractivity contribution in [2.24, 2.45) is 0 Å². The molecule has 1 aliphatic heterocycles. The molecule has 0 radical (unpaired) electrons. The number of nitrogen functional groups attached to an aromatic ring is 1. The van der Waals surface area contributed by atoms with Gasteiger partial charge in [0.15, 0.2) is 0 Å². The molecule has 0 bridgehead atoms. The van der Waals surface area contributed by atoms with Gasteiger partial charge in [-0.15, -0.1) is 0 Å². The highest BCUT2D eigenvalue weighted by Gasteiger charge is 2.16. The molecule has 1 unspecified atom stereocenters. The average molecular weight is 229 g/mol. The van der Waals surface area contributed by atoms with Gasteiger partial charge in [-0.25, -0.2) is 0 Å². The van der Waals surface area contributed by atoms with Gasteiger partial charge in [0.1, 0.15) is 0 Å². The molecule has 0 amide bonds. The maximum absolute atomic E-state index is 6.15. The van der Waals surface area contributed by atoms with E-state index in [1.807, 2.05) is 24.3 Å². The van der Waals surface area contributed by atoms with E-state index in [-0.39, 0.29) is 0 Å².